The zero-order valence-corrected chi connectivity index (χ0v) is 13.8. The lowest BCUT2D eigenvalue weighted by molar-refractivity contribution is 0.182. The Kier molecular flexibility index (Phi) is 4.47. The lowest BCUT2D eigenvalue weighted by atomic mass is 10.1. The molecule has 0 bridgehead atoms. The second-order valence-electron chi connectivity index (χ2n) is 5.60. The van der Waals surface area contributed by atoms with Gasteiger partial charge >= 0.3 is 6.03 Å². The van der Waals surface area contributed by atoms with E-state index >= 15 is 0 Å². The van der Waals surface area contributed by atoms with E-state index in [9.17, 15) is 4.79 Å². The van der Waals surface area contributed by atoms with E-state index in [4.69, 9.17) is 4.52 Å². The molecular weight excluding hydrogens is 298 g/mol. The fraction of sp³-hybridized carbons (Fsp3) is 0.500. The van der Waals surface area contributed by atoms with Crippen molar-refractivity contribution in [2.75, 3.05) is 6.54 Å². The number of thiophene rings is 1. The average Bonchev–Trinajstić information content (AvgIpc) is 3.24. The number of nitrogens with one attached hydrogen (secondary N) is 1. The molecule has 118 valence electrons. The number of urea groups is 1. The summed E-state index contributed by atoms with van der Waals surface area (Å²) in [6.07, 6.45) is 2.97. The van der Waals surface area contributed by atoms with Crippen LogP contribution in [0.15, 0.2) is 22.7 Å². The second-order valence-corrected chi connectivity index (χ2v) is 6.86. The van der Waals surface area contributed by atoms with Crippen LogP contribution in [0.3, 0.4) is 0 Å². The van der Waals surface area contributed by atoms with Crippen molar-refractivity contribution in [3.63, 3.8) is 0 Å². The van der Waals surface area contributed by atoms with Gasteiger partial charge in [0.15, 0.2) is 5.76 Å². The third-order valence-electron chi connectivity index (χ3n) is 3.97. The van der Waals surface area contributed by atoms with E-state index in [2.05, 4.69) is 29.5 Å². The number of amides is 2. The lowest BCUT2D eigenvalue weighted by Gasteiger charge is -2.22. The molecule has 1 aliphatic heterocycles. The maximum Gasteiger partial charge on any atom is 0.318 e. The molecule has 22 heavy (non-hydrogen) atoms. The number of nitrogens with zero attached hydrogens (tertiary/aromatic N) is 2. The highest BCUT2D eigenvalue weighted by Gasteiger charge is 2.32. The minimum Gasteiger partial charge on any atom is -0.359 e. The van der Waals surface area contributed by atoms with Crippen molar-refractivity contribution in [3.8, 4) is 0 Å². The molecule has 6 heteroatoms. The van der Waals surface area contributed by atoms with Crippen LogP contribution in [-0.2, 0) is 13.0 Å². The first-order valence-corrected chi connectivity index (χ1v) is 8.54. The van der Waals surface area contributed by atoms with E-state index in [1.807, 2.05) is 17.9 Å². The zero-order chi connectivity index (χ0) is 15.5. The van der Waals surface area contributed by atoms with Crippen LogP contribution >= 0.6 is 11.3 Å². The molecule has 2 aromatic rings. The largest absolute Gasteiger partial charge is 0.359 e. The van der Waals surface area contributed by atoms with Crippen LogP contribution in [0.4, 0.5) is 4.79 Å². The Hall–Kier alpha value is -1.82. The molecule has 3 rings (SSSR count). The van der Waals surface area contributed by atoms with Gasteiger partial charge < -0.3 is 14.7 Å². The first kappa shape index (κ1) is 15.1. The van der Waals surface area contributed by atoms with Crippen LogP contribution in [0.25, 0.3) is 0 Å². The summed E-state index contributed by atoms with van der Waals surface area (Å²) >= 11 is 1.76. The smallest absolute Gasteiger partial charge is 0.318 e. The highest BCUT2D eigenvalue weighted by molar-refractivity contribution is 7.11. The van der Waals surface area contributed by atoms with Crippen molar-refractivity contribution in [2.24, 2.45) is 0 Å². The highest BCUT2D eigenvalue weighted by atomic mass is 32.1. The van der Waals surface area contributed by atoms with Crippen molar-refractivity contribution in [1.82, 2.24) is 15.4 Å². The molecule has 0 spiro atoms. The maximum atomic E-state index is 12.4. The van der Waals surface area contributed by atoms with E-state index < -0.39 is 0 Å². The monoisotopic (exact) mass is 319 g/mol. The molecule has 1 aliphatic rings. The van der Waals surface area contributed by atoms with Gasteiger partial charge in [-0.2, -0.15) is 0 Å². The lowest BCUT2D eigenvalue weighted by Crippen LogP contribution is -2.38. The summed E-state index contributed by atoms with van der Waals surface area (Å²) in [6, 6.07) is 6.12. The van der Waals surface area contributed by atoms with Crippen LogP contribution in [-0.4, -0.2) is 22.6 Å². The number of aryl methyl sites for hydroxylation is 2. The Morgan fingerprint density at radius 2 is 2.32 bits per heavy atom. The molecule has 1 atom stereocenters. The molecule has 0 unspecified atom stereocenters. The van der Waals surface area contributed by atoms with Gasteiger partial charge in [0.1, 0.15) is 0 Å². The molecule has 1 saturated heterocycles. The number of aromatic nitrogens is 1. The summed E-state index contributed by atoms with van der Waals surface area (Å²) in [6.45, 7) is 5.39. The molecule has 0 saturated carbocycles. The van der Waals surface area contributed by atoms with Gasteiger partial charge in [-0.25, -0.2) is 4.79 Å². The molecule has 0 aromatic carbocycles. The normalized spacial score (nSPS) is 17.9. The summed E-state index contributed by atoms with van der Waals surface area (Å²) in [4.78, 5) is 16.8. The van der Waals surface area contributed by atoms with Gasteiger partial charge in [-0.3, -0.25) is 0 Å². The third-order valence-corrected chi connectivity index (χ3v) is 5.20. The van der Waals surface area contributed by atoms with Gasteiger partial charge in [0.2, 0.25) is 0 Å². The number of hydrogen-bond donors (Lipinski definition) is 1. The Labute approximate surface area is 134 Å². The molecular formula is C16H21N3O2S. The predicted molar refractivity (Wildman–Crippen MR) is 85.9 cm³/mol. The van der Waals surface area contributed by atoms with Gasteiger partial charge in [-0.1, -0.05) is 12.1 Å². The third kappa shape index (κ3) is 3.16. The molecule has 2 aromatic heterocycles. The van der Waals surface area contributed by atoms with E-state index in [0.29, 0.717) is 6.54 Å². The Bertz CT molecular complexity index is 649. The van der Waals surface area contributed by atoms with Gasteiger partial charge in [-0.15, -0.1) is 11.3 Å². The molecule has 3 heterocycles. The minimum absolute atomic E-state index is 0.00994. The summed E-state index contributed by atoms with van der Waals surface area (Å²) in [7, 11) is 0. The van der Waals surface area contributed by atoms with E-state index in [1.54, 1.807) is 11.3 Å². The van der Waals surface area contributed by atoms with Crippen LogP contribution in [0.5, 0.6) is 0 Å². The highest BCUT2D eigenvalue weighted by Crippen LogP contribution is 2.32. The fourth-order valence-electron chi connectivity index (χ4n) is 2.82. The Morgan fingerprint density at radius 1 is 1.50 bits per heavy atom. The minimum atomic E-state index is -0.0250. The van der Waals surface area contributed by atoms with Crippen molar-refractivity contribution in [1.29, 1.82) is 0 Å². The van der Waals surface area contributed by atoms with E-state index in [-0.39, 0.29) is 12.1 Å². The number of likely N-dealkylation sites (tertiary alicyclic amines) is 1. The van der Waals surface area contributed by atoms with Gasteiger partial charge in [-0.05, 0) is 38.3 Å². The first-order chi connectivity index (χ1) is 10.7. The van der Waals surface area contributed by atoms with Gasteiger partial charge in [0.25, 0.3) is 0 Å². The topological polar surface area (TPSA) is 58.4 Å². The molecule has 2 amide bonds. The molecule has 0 aliphatic carbocycles. The SMILES string of the molecule is CCc1ccc(CNC(=O)N2CCC[C@@H]2c2cc(C)no2)s1. The first-order valence-electron chi connectivity index (χ1n) is 7.72. The zero-order valence-electron chi connectivity index (χ0n) is 13.0. The maximum absolute atomic E-state index is 12.4. The van der Waals surface area contributed by atoms with Crippen molar-refractivity contribution >= 4 is 17.4 Å². The Morgan fingerprint density at radius 3 is 3.00 bits per heavy atom. The molecule has 0 radical (unpaired) electrons. The van der Waals surface area contributed by atoms with E-state index in [1.165, 1.54) is 9.75 Å². The quantitative estimate of drug-likeness (QED) is 0.935. The summed E-state index contributed by atoms with van der Waals surface area (Å²) < 4.78 is 5.34. The van der Waals surface area contributed by atoms with Crippen molar-refractivity contribution in [2.45, 2.75) is 45.7 Å². The van der Waals surface area contributed by atoms with Crippen LogP contribution in [0.1, 0.15) is 47.0 Å². The number of carbonyl (C=O) groups excluding carboxylic acids is 1. The second kappa shape index (κ2) is 6.52. The fourth-order valence-corrected chi connectivity index (χ4v) is 3.72. The molecule has 1 fully saturated rings. The van der Waals surface area contributed by atoms with Crippen LogP contribution < -0.4 is 5.32 Å². The number of hydrogen-bond acceptors (Lipinski definition) is 4. The Balaban J connectivity index is 1.61. The van der Waals surface area contributed by atoms with Crippen molar-refractivity contribution in [3.05, 3.63) is 39.4 Å². The molecule has 5 nitrogen and oxygen atoms in total. The van der Waals surface area contributed by atoms with Crippen LogP contribution in [0.2, 0.25) is 0 Å². The van der Waals surface area contributed by atoms with Gasteiger partial charge in [0, 0.05) is 22.4 Å². The van der Waals surface area contributed by atoms with Crippen LogP contribution in [0, 0.1) is 6.92 Å². The summed E-state index contributed by atoms with van der Waals surface area (Å²) in [5.41, 5.74) is 0.855. The van der Waals surface area contributed by atoms with Gasteiger partial charge in [0.05, 0.1) is 18.3 Å². The predicted octanol–water partition coefficient (Wildman–Crippen LogP) is 3.65. The average molecular weight is 319 g/mol. The number of carbonyl (C=O) groups is 1. The summed E-state index contributed by atoms with van der Waals surface area (Å²) in [5.74, 6) is 0.787. The van der Waals surface area contributed by atoms with Crippen molar-refractivity contribution < 1.29 is 9.32 Å². The summed E-state index contributed by atoms with van der Waals surface area (Å²) in [5, 5.41) is 6.95. The standard InChI is InChI=1S/C16H21N3O2S/c1-3-12-6-7-13(22-12)10-17-16(20)19-8-4-5-14(19)15-9-11(2)18-21-15/h6-7,9,14H,3-5,8,10H2,1-2H3,(H,17,20)/t14-/m1/s1. The number of rotatable bonds is 4. The van der Waals surface area contributed by atoms with E-state index in [0.717, 1.165) is 37.3 Å². The molecule has 1 N–H and O–H groups in total.